The lowest BCUT2D eigenvalue weighted by Crippen LogP contribution is -2.46. The Morgan fingerprint density at radius 3 is 2.88 bits per heavy atom. The number of nitrogens with one attached hydrogen (secondary N) is 1. The Morgan fingerprint density at radius 1 is 1.24 bits per heavy atom. The van der Waals surface area contributed by atoms with Crippen LogP contribution >= 0.6 is 11.3 Å². The Kier molecular flexibility index (Phi) is 6.20. The second kappa shape index (κ2) is 9.41. The van der Waals surface area contributed by atoms with Gasteiger partial charge in [-0.2, -0.15) is 0 Å². The van der Waals surface area contributed by atoms with E-state index in [1.54, 1.807) is 18.4 Å². The Balaban J connectivity index is 1.42. The fourth-order valence-electron chi connectivity index (χ4n) is 4.35. The van der Waals surface area contributed by atoms with E-state index in [-0.39, 0.29) is 18.2 Å². The number of amides is 1. The van der Waals surface area contributed by atoms with Gasteiger partial charge < -0.3 is 24.4 Å². The number of nitrogens with zero attached hydrogens (tertiary/aromatic N) is 2. The molecule has 2 aliphatic rings. The zero-order chi connectivity index (χ0) is 22.8. The van der Waals surface area contributed by atoms with E-state index in [0.29, 0.717) is 30.2 Å². The lowest BCUT2D eigenvalue weighted by Gasteiger charge is -2.39. The number of fused-ring (bicyclic) bond motifs is 1. The molecule has 2 aromatic carbocycles. The number of hydrogen-bond acceptors (Lipinski definition) is 7. The molecule has 0 bridgehead atoms. The van der Waals surface area contributed by atoms with Crippen molar-refractivity contribution in [1.29, 1.82) is 0 Å². The van der Waals surface area contributed by atoms with Crippen LogP contribution in [-0.4, -0.2) is 42.2 Å². The summed E-state index contributed by atoms with van der Waals surface area (Å²) >= 11 is 1.60. The third-order valence-corrected chi connectivity index (χ3v) is 6.81. The number of aromatic nitrogens is 1. The van der Waals surface area contributed by atoms with E-state index in [9.17, 15) is 4.79 Å². The molecule has 172 valence electrons. The second-order valence-corrected chi connectivity index (χ2v) is 9.30. The molecule has 5 rings (SSSR count). The van der Waals surface area contributed by atoms with Crippen molar-refractivity contribution in [2.45, 2.75) is 38.6 Å². The van der Waals surface area contributed by atoms with Gasteiger partial charge in [0.05, 0.1) is 29.5 Å². The molecule has 0 spiro atoms. The molecule has 0 radical (unpaired) electrons. The highest BCUT2D eigenvalue weighted by atomic mass is 32.1. The lowest BCUT2D eigenvalue weighted by atomic mass is 10.0. The summed E-state index contributed by atoms with van der Waals surface area (Å²) in [6.07, 6.45) is 1.71. The van der Waals surface area contributed by atoms with Crippen LogP contribution in [0.15, 0.2) is 47.8 Å². The van der Waals surface area contributed by atoms with Gasteiger partial charge in [-0.05, 0) is 49.6 Å². The predicted molar refractivity (Wildman–Crippen MR) is 127 cm³/mol. The maximum Gasteiger partial charge on any atom is 0.257 e. The Labute approximate surface area is 197 Å². The Morgan fingerprint density at radius 2 is 2.12 bits per heavy atom. The molecule has 0 saturated carbocycles. The van der Waals surface area contributed by atoms with Gasteiger partial charge in [-0.3, -0.25) is 4.79 Å². The van der Waals surface area contributed by atoms with E-state index in [0.717, 1.165) is 41.4 Å². The molecular formula is C25H27N3O4S. The van der Waals surface area contributed by atoms with Crippen molar-refractivity contribution in [3.05, 3.63) is 69.7 Å². The second-order valence-electron chi connectivity index (χ2n) is 8.24. The first-order valence-electron chi connectivity index (χ1n) is 11.1. The zero-order valence-corrected chi connectivity index (χ0v) is 19.6. The van der Waals surface area contributed by atoms with E-state index in [4.69, 9.17) is 14.2 Å². The first-order valence-corrected chi connectivity index (χ1v) is 12.0. The SMILES string of the molecule is COc1cc(C2Nc3ccccc3C(=O)N2CC2CCCO2)ccc1OCc1csc(C)n1. The molecule has 33 heavy (non-hydrogen) atoms. The lowest BCUT2D eigenvalue weighted by molar-refractivity contribution is 0.0426. The molecule has 0 aliphatic carbocycles. The van der Waals surface area contributed by atoms with E-state index in [2.05, 4.69) is 10.3 Å². The summed E-state index contributed by atoms with van der Waals surface area (Å²) in [6, 6.07) is 13.4. The third-order valence-electron chi connectivity index (χ3n) is 5.99. The van der Waals surface area contributed by atoms with Crippen LogP contribution in [0, 0.1) is 6.92 Å². The van der Waals surface area contributed by atoms with Crippen LogP contribution in [0.5, 0.6) is 11.5 Å². The molecule has 1 amide bonds. The molecule has 3 aromatic rings. The number of para-hydroxylation sites is 1. The van der Waals surface area contributed by atoms with E-state index < -0.39 is 0 Å². The number of rotatable bonds is 7. The highest BCUT2D eigenvalue weighted by molar-refractivity contribution is 7.09. The molecule has 1 saturated heterocycles. The summed E-state index contributed by atoms with van der Waals surface area (Å²) in [5.74, 6) is 1.26. The molecule has 2 atom stereocenters. The number of anilines is 1. The van der Waals surface area contributed by atoms with Crippen molar-refractivity contribution in [3.8, 4) is 11.5 Å². The number of carbonyl (C=O) groups is 1. The first-order chi connectivity index (χ1) is 16.1. The van der Waals surface area contributed by atoms with Gasteiger partial charge in [0.2, 0.25) is 0 Å². The minimum atomic E-state index is -0.333. The maximum absolute atomic E-state index is 13.4. The minimum absolute atomic E-state index is 0.00282. The van der Waals surface area contributed by atoms with Gasteiger partial charge in [0.25, 0.3) is 5.91 Å². The highest BCUT2D eigenvalue weighted by Crippen LogP contribution is 2.37. The van der Waals surface area contributed by atoms with Crippen LogP contribution in [0.3, 0.4) is 0 Å². The number of methoxy groups -OCH3 is 1. The highest BCUT2D eigenvalue weighted by Gasteiger charge is 2.35. The summed E-state index contributed by atoms with van der Waals surface area (Å²) in [5, 5.41) is 6.55. The smallest absolute Gasteiger partial charge is 0.257 e. The maximum atomic E-state index is 13.4. The summed E-state index contributed by atoms with van der Waals surface area (Å²) in [6.45, 7) is 3.63. The quantitative estimate of drug-likeness (QED) is 0.541. The molecule has 2 unspecified atom stereocenters. The fourth-order valence-corrected chi connectivity index (χ4v) is 4.95. The number of ether oxygens (including phenoxy) is 3. The van der Waals surface area contributed by atoms with Gasteiger partial charge in [-0.25, -0.2) is 4.98 Å². The largest absolute Gasteiger partial charge is 0.493 e. The van der Waals surface area contributed by atoms with Crippen LogP contribution in [-0.2, 0) is 11.3 Å². The van der Waals surface area contributed by atoms with Crippen molar-refractivity contribution < 1.29 is 19.0 Å². The zero-order valence-electron chi connectivity index (χ0n) is 18.7. The summed E-state index contributed by atoms with van der Waals surface area (Å²) < 4.78 is 17.5. The number of benzene rings is 2. The molecule has 3 heterocycles. The van der Waals surface area contributed by atoms with Crippen LogP contribution < -0.4 is 14.8 Å². The summed E-state index contributed by atoms with van der Waals surface area (Å²) in [5.41, 5.74) is 3.32. The average Bonchev–Trinajstić information content (AvgIpc) is 3.51. The monoisotopic (exact) mass is 465 g/mol. The molecule has 7 nitrogen and oxygen atoms in total. The summed E-state index contributed by atoms with van der Waals surface area (Å²) in [4.78, 5) is 19.8. The van der Waals surface area contributed by atoms with Gasteiger partial charge in [-0.15, -0.1) is 11.3 Å². The van der Waals surface area contributed by atoms with E-state index in [1.807, 2.05) is 59.7 Å². The molecule has 1 fully saturated rings. The van der Waals surface area contributed by atoms with E-state index in [1.165, 1.54) is 0 Å². The molecule has 8 heteroatoms. The van der Waals surface area contributed by atoms with Gasteiger partial charge in [-0.1, -0.05) is 18.2 Å². The minimum Gasteiger partial charge on any atom is -0.493 e. The van der Waals surface area contributed by atoms with Gasteiger partial charge >= 0.3 is 0 Å². The fraction of sp³-hybridized carbons (Fsp3) is 0.360. The van der Waals surface area contributed by atoms with Crippen LogP contribution in [0.4, 0.5) is 5.69 Å². The van der Waals surface area contributed by atoms with Crippen LogP contribution in [0.25, 0.3) is 0 Å². The number of carbonyl (C=O) groups excluding carboxylic acids is 1. The third kappa shape index (κ3) is 4.54. The average molecular weight is 466 g/mol. The topological polar surface area (TPSA) is 72.9 Å². The van der Waals surface area contributed by atoms with Crippen LogP contribution in [0.2, 0.25) is 0 Å². The standard InChI is InChI=1S/C25H27N3O4S/c1-16-26-18(15-33-16)14-32-22-10-9-17(12-23(22)30-2)24-27-21-8-4-3-7-20(21)25(29)28(24)13-19-6-5-11-31-19/h3-4,7-10,12,15,19,24,27H,5-6,11,13-14H2,1-2H3. The molecule has 2 aliphatic heterocycles. The van der Waals surface area contributed by atoms with Crippen molar-refractivity contribution in [3.63, 3.8) is 0 Å². The van der Waals surface area contributed by atoms with E-state index >= 15 is 0 Å². The molecule has 1 N–H and O–H groups in total. The summed E-state index contributed by atoms with van der Waals surface area (Å²) in [7, 11) is 1.62. The van der Waals surface area contributed by atoms with Crippen LogP contribution in [0.1, 0.15) is 45.6 Å². The van der Waals surface area contributed by atoms with Crippen molar-refractivity contribution in [2.75, 3.05) is 25.6 Å². The number of aryl methyl sites for hydroxylation is 1. The normalized spacial score (nSPS) is 19.8. The number of hydrogen-bond donors (Lipinski definition) is 1. The predicted octanol–water partition coefficient (Wildman–Crippen LogP) is 4.78. The number of thiazole rings is 1. The van der Waals surface area contributed by atoms with Gasteiger partial charge in [0.1, 0.15) is 12.8 Å². The van der Waals surface area contributed by atoms with Crippen molar-refractivity contribution in [2.24, 2.45) is 0 Å². The van der Waals surface area contributed by atoms with Gasteiger partial charge in [0, 0.05) is 24.2 Å². The Bertz CT molecular complexity index is 1140. The Hall–Kier alpha value is -3.10. The van der Waals surface area contributed by atoms with Crippen molar-refractivity contribution in [1.82, 2.24) is 9.88 Å². The molecule has 1 aromatic heterocycles. The first kappa shape index (κ1) is 21.7. The van der Waals surface area contributed by atoms with Gasteiger partial charge in [0.15, 0.2) is 11.5 Å². The van der Waals surface area contributed by atoms with Crippen molar-refractivity contribution >= 4 is 22.9 Å². The molecular weight excluding hydrogens is 438 g/mol.